The Bertz CT molecular complexity index is 1490. The number of H-pyrrole nitrogens is 1. The van der Waals surface area contributed by atoms with Crippen LogP contribution >= 0.6 is 0 Å². The van der Waals surface area contributed by atoms with Gasteiger partial charge >= 0.3 is 6.18 Å². The Morgan fingerprint density at radius 2 is 1.74 bits per heavy atom. The molecule has 2 aromatic heterocycles. The number of hydrogen-bond donors (Lipinski definition) is 3. The van der Waals surface area contributed by atoms with Crippen LogP contribution in [0.2, 0.25) is 0 Å². The molecule has 2 atom stereocenters. The largest absolute Gasteiger partial charge is 0.417 e. The predicted molar refractivity (Wildman–Crippen MR) is 154 cm³/mol. The monoisotopic (exact) mass is 587 g/mol. The molecule has 2 aliphatic rings. The van der Waals surface area contributed by atoms with Crippen LogP contribution in [0.5, 0.6) is 0 Å². The average molecular weight is 588 g/mol. The second kappa shape index (κ2) is 11.7. The van der Waals surface area contributed by atoms with Gasteiger partial charge in [-0.15, -0.1) is 0 Å². The fraction of sp³-hybridized carbons (Fsp3) is 0.414. The summed E-state index contributed by atoms with van der Waals surface area (Å²) in [6, 6.07) is 6.80. The van der Waals surface area contributed by atoms with Gasteiger partial charge in [-0.05, 0) is 45.2 Å². The molecule has 1 amide bonds. The van der Waals surface area contributed by atoms with Crippen molar-refractivity contribution in [1.29, 1.82) is 0 Å². The highest BCUT2D eigenvalue weighted by Gasteiger charge is 2.36. The molecule has 0 bridgehead atoms. The van der Waals surface area contributed by atoms with Gasteiger partial charge in [-0.2, -0.15) is 13.2 Å². The molecule has 0 saturated carbocycles. The number of halogens is 4. The number of nitrogens with zero attached hydrogens (tertiary/aromatic N) is 4. The molecule has 5 rings (SSSR count). The normalized spacial score (nSPS) is 20.1. The molecule has 1 aromatic carbocycles. The fourth-order valence-corrected chi connectivity index (χ4v) is 5.46. The van der Waals surface area contributed by atoms with Gasteiger partial charge in [0.05, 0.1) is 22.5 Å². The van der Waals surface area contributed by atoms with Crippen molar-refractivity contribution in [3.05, 3.63) is 70.0 Å². The van der Waals surface area contributed by atoms with E-state index in [0.717, 1.165) is 38.2 Å². The van der Waals surface area contributed by atoms with Gasteiger partial charge in [0, 0.05) is 80.9 Å². The van der Waals surface area contributed by atoms with Crippen LogP contribution in [-0.4, -0.2) is 79.2 Å². The van der Waals surface area contributed by atoms with Gasteiger partial charge in [0.2, 0.25) is 5.56 Å². The Hall–Kier alpha value is -3.97. The summed E-state index contributed by atoms with van der Waals surface area (Å²) >= 11 is 0. The first-order valence-electron chi connectivity index (χ1n) is 13.8. The van der Waals surface area contributed by atoms with Crippen LogP contribution in [0.15, 0.2) is 47.5 Å². The van der Waals surface area contributed by atoms with Crippen LogP contribution < -0.4 is 26.0 Å². The van der Waals surface area contributed by atoms with E-state index in [1.807, 2.05) is 25.8 Å². The summed E-state index contributed by atoms with van der Waals surface area (Å²) in [5.74, 6) is -0.886. The quantitative estimate of drug-likeness (QED) is 0.391. The van der Waals surface area contributed by atoms with Gasteiger partial charge in [0.15, 0.2) is 0 Å². The highest BCUT2D eigenvalue weighted by Crippen LogP contribution is 2.37. The molecule has 2 saturated heterocycles. The third kappa shape index (κ3) is 6.12. The van der Waals surface area contributed by atoms with Crippen LogP contribution in [0.4, 0.5) is 34.8 Å². The van der Waals surface area contributed by atoms with Crippen molar-refractivity contribution in [2.75, 3.05) is 61.4 Å². The van der Waals surface area contributed by atoms with Gasteiger partial charge in [-0.1, -0.05) is 0 Å². The number of anilines is 3. The second-order valence-corrected chi connectivity index (χ2v) is 10.8. The molecular formula is C29H33F4N7O2. The first kappa shape index (κ1) is 29.5. The molecule has 2 fully saturated rings. The summed E-state index contributed by atoms with van der Waals surface area (Å²) in [6.07, 6.45) is -2.65. The maximum atomic E-state index is 15.7. The number of carbonyl (C=O) groups is 1. The van der Waals surface area contributed by atoms with E-state index in [4.69, 9.17) is 0 Å². The summed E-state index contributed by atoms with van der Waals surface area (Å²) in [5, 5.41) is 5.86. The molecule has 0 radical (unpaired) electrons. The zero-order valence-electron chi connectivity index (χ0n) is 23.6. The Labute approximate surface area is 240 Å². The zero-order chi connectivity index (χ0) is 30.2. The van der Waals surface area contributed by atoms with E-state index in [2.05, 4.69) is 30.4 Å². The second-order valence-electron chi connectivity index (χ2n) is 10.8. The van der Waals surface area contributed by atoms with Crippen molar-refractivity contribution in [1.82, 2.24) is 20.2 Å². The lowest BCUT2D eigenvalue weighted by atomic mass is 10.0. The van der Waals surface area contributed by atoms with Crippen molar-refractivity contribution >= 4 is 23.1 Å². The first-order chi connectivity index (χ1) is 19.9. The third-order valence-electron chi connectivity index (χ3n) is 8.01. The van der Waals surface area contributed by atoms with Crippen molar-refractivity contribution in [3.8, 4) is 11.1 Å². The molecular weight excluding hydrogens is 554 g/mol. The number of aromatic amines is 1. The van der Waals surface area contributed by atoms with E-state index in [0.29, 0.717) is 30.4 Å². The molecule has 4 heterocycles. The number of amides is 1. The van der Waals surface area contributed by atoms with Gasteiger partial charge in [0.1, 0.15) is 11.6 Å². The molecule has 3 aromatic rings. The number of rotatable bonds is 5. The number of pyridine rings is 2. The first-order valence-corrected chi connectivity index (χ1v) is 13.8. The standard InChI is InChI=1S/C29H33F4N7O2/c1-17-15-40(16-18(2)38(17)3)25-12-23(30)20(19-4-5-26(35-13-19)39-8-6-34-7-9-39)10-24(25)37-28(42)21-14-36-27(41)11-22(21)29(31,32)33/h4-5,10-14,17-18,34H,6-9,15-16H2,1-3H3,(H,36,41)(H,37,42)/t17-,18?/m1/s1. The zero-order valence-corrected chi connectivity index (χ0v) is 23.6. The summed E-state index contributed by atoms with van der Waals surface area (Å²) in [5.41, 5.74) is -2.01. The van der Waals surface area contributed by atoms with Crippen molar-refractivity contribution < 1.29 is 22.4 Å². The van der Waals surface area contributed by atoms with E-state index in [-0.39, 0.29) is 23.3 Å². The van der Waals surface area contributed by atoms with Gasteiger partial charge < -0.3 is 25.4 Å². The van der Waals surface area contributed by atoms with Crippen molar-refractivity contribution in [2.24, 2.45) is 0 Å². The molecule has 224 valence electrons. The van der Waals surface area contributed by atoms with Crippen LogP contribution in [0.25, 0.3) is 11.1 Å². The van der Waals surface area contributed by atoms with Crippen LogP contribution in [0, 0.1) is 5.82 Å². The lowest BCUT2D eigenvalue weighted by molar-refractivity contribution is -0.138. The number of carbonyl (C=O) groups excluding carboxylic acids is 1. The Morgan fingerprint density at radius 3 is 2.36 bits per heavy atom. The maximum absolute atomic E-state index is 15.7. The Morgan fingerprint density at radius 1 is 1.05 bits per heavy atom. The number of alkyl halides is 3. The molecule has 9 nitrogen and oxygen atoms in total. The van der Waals surface area contributed by atoms with E-state index >= 15 is 4.39 Å². The number of nitrogens with one attached hydrogen (secondary N) is 3. The van der Waals surface area contributed by atoms with Crippen LogP contribution in [-0.2, 0) is 6.18 Å². The van der Waals surface area contributed by atoms with E-state index < -0.39 is 34.6 Å². The predicted octanol–water partition coefficient (Wildman–Crippen LogP) is 3.79. The SMILES string of the molecule is CC1CN(c2cc(F)c(-c3ccc(N4CCNCC4)nc3)cc2NC(=O)c2c[nH]c(=O)cc2C(F)(F)F)C[C@@H](C)N1C. The number of aromatic nitrogens is 2. The minimum Gasteiger partial charge on any atom is -0.367 e. The lowest BCUT2D eigenvalue weighted by Crippen LogP contribution is -2.55. The topological polar surface area (TPSA) is 96.6 Å². The van der Waals surface area contributed by atoms with E-state index in [1.165, 1.54) is 12.1 Å². The number of benzene rings is 1. The van der Waals surface area contributed by atoms with Gasteiger partial charge in [-0.25, -0.2) is 9.37 Å². The molecule has 13 heteroatoms. The van der Waals surface area contributed by atoms with Crippen molar-refractivity contribution in [3.63, 3.8) is 0 Å². The number of piperazine rings is 2. The fourth-order valence-electron chi connectivity index (χ4n) is 5.46. The summed E-state index contributed by atoms with van der Waals surface area (Å²) in [7, 11) is 1.99. The van der Waals surface area contributed by atoms with Gasteiger partial charge in [0.25, 0.3) is 5.91 Å². The third-order valence-corrected chi connectivity index (χ3v) is 8.01. The molecule has 2 aliphatic heterocycles. The van der Waals surface area contributed by atoms with E-state index in [9.17, 15) is 22.8 Å². The Kier molecular flexibility index (Phi) is 8.24. The Balaban J connectivity index is 1.54. The molecule has 1 unspecified atom stereocenters. The minimum atomic E-state index is -4.93. The maximum Gasteiger partial charge on any atom is 0.417 e. The minimum absolute atomic E-state index is 0.0952. The summed E-state index contributed by atoms with van der Waals surface area (Å²) in [6.45, 7) is 8.30. The number of likely N-dealkylation sites (N-methyl/N-ethyl adjacent to an activating group) is 1. The highest BCUT2D eigenvalue weighted by molar-refractivity contribution is 6.07. The molecule has 0 aliphatic carbocycles. The van der Waals surface area contributed by atoms with Crippen LogP contribution in [0.3, 0.4) is 0 Å². The lowest BCUT2D eigenvalue weighted by Gasteiger charge is -2.44. The molecule has 42 heavy (non-hydrogen) atoms. The van der Waals surface area contributed by atoms with Gasteiger partial charge in [-0.3, -0.25) is 14.5 Å². The van der Waals surface area contributed by atoms with E-state index in [1.54, 1.807) is 18.3 Å². The summed E-state index contributed by atoms with van der Waals surface area (Å²) in [4.78, 5) is 37.8. The smallest absolute Gasteiger partial charge is 0.367 e. The average Bonchev–Trinajstić information content (AvgIpc) is 2.96. The highest BCUT2D eigenvalue weighted by atomic mass is 19.4. The van der Waals surface area contributed by atoms with Crippen LogP contribution in [0.1, 0.15) is 29.8 Å². The molecule has 0 spiro atoms. The summed E-state index contributed by atoms with van der Waals surface area (Å²) < 4.78 is 56.9. The number of hydrogen-bond acceptors (Lipinski definition) is 7. The molecule has 3 N–H and O–H groups in total. The van der Waals surface area contributed by atoms with Crippen molar-refractivity contribution in [2.45, 2.75) is 32.1 Å².